The first-order chi connectivity index (χ1) is 18.6. The van der Waals surface area contributed by atoms with Crippen LogP contribution in [0.1, 0.15) is 64.9 Å². The highest BCUT2D eigenvalue weighted by atomic mass is 16.6. The van der Waals surface area contributed by atoms with Crippen LogP contribution in [0, 0.1) is 5.92 Å². The highest BCUT2D eigenvalue weighted by Crippen LogP contribution is 2.59. The largest absolute Gasteiger partial charge is 0.481 e. The molecule has 10 heteroatoms. The van der Waals surface area contributed by atoms with Gasteiger partial charge in [0.25, 0.3) is 0 Å². The number of ether oxygens (including phenoxy) is 4. The molecule has 2 aliphatic heterocycles. The average Bonchev–Trinajstić information content (AvgIpc) is 3.80. The molecule has 2 saturated heterocycles. The van der Waals surface area contributed by atoms with Crippen LogP contribution in [0.5, 0.6) is 0 Å². The molecule has 1 spiro atoms. The minimum atomic E-state index is -0.921. The van der Waals surface area contributed by atoms with Gasteiger partial charge < -0.3 is 34.7 Å². The summed E-state index contributed by atoms with van der Waals surface area (Å²) in [6.45, 7) is 7.20. The third kappa shape index (κ3) is 7.17. The van der Waals surface area contributed by atoms with Crippen LogP contribution in [-0.4, -0.2) is 66.3 Å². The summed E-state index contributed by atoms with van der Waals surface area (Å²) in [4.78, 5) is 35.3. The van der Waals surface area contributed by atoms with Crippen LogP contribution < -0.4 is 10.6 Å². The lowest BCUT2D eigenvalue weighted by atomic mass is 9.68. The quantitative estimate of drug-likeness (QED) is 0.263. The molecule has 1 aromatic rings. The van der Waals surface area contributed by atoms with Gasteiger partial charge in [0.15, 0.2) is 0 Å². The van der Waals surface area contributed by atoms with Crippen LogP contribution in [-0.2, 0) is 35.1 Å². The van der Waals surface area contributed by atoms with Gasteiger partial charge in [-0.25, -0.2) is 4.79 Å². The van der Waals surface area contributed by atoms with Crippen molar-refractivity contribution in [3.05, 3.63) is 41.5 Å². The maximum absolute atomic E-state index is 12.7. The monoisotopic (exact) mass is 544 g/mol. The molecule has 1 aromatic carbocycles. The van der Waals surface area contributed by atoms with Gasteiger partial charge in [0.2, 0.25) is 5.91 Å². The normalized spacial score (nSPS) is 30.8. The van der Waals surface area contributed by atoms with Crippen LogP contribution >= 0.6 is 0 Å². The first-order valence-corrected chi connectivity index (χ1v) is 13.6. The van der Waals surface area contributed by atoms with Gasteiger partial charge in [-0.1, -0.05) is 23.8 Å². The van der Waals surface area contributed by atoms with Gasteiger partial charge in [0.1, 0.15) is 23.4 Å². The highest BCUT2D eigenvalue weighted by Gasteiger charge is 2.72. The van der Waals surface area contributed by atoms with E-state index in [0.717, 1.165) is 18.4 Å². The fraction of sp³-hybridized carbons (Fsp3) is 0.621. The second kappa shape index (κ2) is 12.1. The molecule has 10 nitrogen and oxygen atoms in total. The van der Waals surface area contributed by atoms with Crippen molar-refractivity contribution in [2.24, 2.45) is 5.92 Å². The van der Waals surface area contributed by atoms with Crippen molar-refractivity contribution < 1.29 is 38.4 Å². The van der Waals surface area contributed by atoms with E-state index in [2.05, 4.69) is 37.5 Å². The van der Waals surface area contributed by atoms with Crippen molar-refractivity contribution in [1.82, 2.24) is 5.32 Å². The Labute approximate surface area is 229 Å². The molecular formula is C29H40N2O8. The van der Waals surface area contributed by atoms with Crippen molar-refractivity contribution in [2.45, 2.75) is 95.4 Å². The molecule has 2 heterocycles. The fourth-order valence-electron chi connectivity index (χ4n) is 5.75. The lowest BCUT2D eigenvalue weighted by Crippen LogP contribution is -2.56. The van der Waals surface area contributed by atoms with E-state index in [-0.39, 0.29) is 55.4 Å². The second-order valence-corrected chi connectivity index (χ2v) is 11.2. The zero-order valence-electron chi connectivity index (χ0n) is 23.2. The molecule has 0 bridgehead atoms. The van der Waals surface area contributed by atoms with E-state index in [9.17, 15) is 14.4 Å². The molecule has 0 aromatic heterocycles. The van der Waals surface area contributed by atoms with Crippen molar-refractivity contribution in [3.8, 4) is 0 Å². The Balaban J connectivity index is 1.28. The number of hydrogen-bond donors (Lipinski definition) is 3. The van der Waals surface area contributed by atoms with Crippen molar-refractivity contribution in [2.75, 3.05) is 19.0 Å². The smallest absolute Gasteiger partial charge is 0.407 e. The predicted octanol–water partition coefficient (Wildman–Crippen LogP) is 4.18. The van der Waals surface area contributed by atoms with Crippen LogP contribution in [0.2, 0.25) is 0 Å². The third-order valence-corrected chi connectivity index (χ3v) is 7.96. The van der Waals surface area contributed by atoms with Gasteiger partial charge in [-0.05, 0) is 64.2 Å². The molecule has 39 heavy (non-hydrogen) atoms. The number of carbonyl (C=O) groups excluding carboxylic acids is 2. The maximum Gasteiger partial charge on any atom is 0.407 e. The first-order valence-electron chi connectivity index (χ1n) is 13.6. The van der Waals surface area contributed by atoms with Crippen LogP contribution in [0.15, 0.2) is 35.9 Å². The van der Waals surface area contributed by atoms with Crippen molar-refractivity contribution >= 4 is 23.7 Å². The lowest BCUT2D eigenvalue weighted by Gasteiger charge is -2.42. The Morgan fingerprint density at radius 1 is 1.18 bits per heavy atom. The Morgan fingerprint density at radius 2 is 1.90 bits per heavy atom. The zero-order chi connectivity index (χ0) is 28.2. The van der Waals surface area contributed by atoms with E-state index in [1.807, 2.05) is 0 Å². The summed E-state index contributed by atoms with van der Waals surface area (Å²) < 4.78 is 24.0. The Bertz CT molecular complexity index is 1080. The molecule has 3 fully saturated rings. The van der Waals surface area contributed by atoms with Crippen molar-refractivity contribution in [1.29, 1.82) is 0 Å². The molecule has 214 valence electrons. The van der Waals surface area contributed by atoms with E-state index < -0.39 is 23.8 Å². The van der Waals surface area contributed by atoms with Gasteiger partial charge in [-0.2, -0.15) is 0 Å². The van der Waals surface area contributed by atoms with Crippen molar-refractivity contribution in [3.63, 3.8) is 0 Å². The number of anilines is 1. The van der Waals surface area contributed by atoms with Gasteiger partial charge in [-0.3, -0.25) is 9.59 Å². The topological polar surface area (TPSA) is 139 Å². The van der Waals surface area contributed by atoms with Crippen LogP contribution in [0.4, 0.5) is 10.5 Å². The molecule has 6 unspecified atom stereocenters. The third-order valence-electron chi connectivity index (χ3n) is 7.96. The summed E-state index contributed by atoms with van der Waals surface area (Å²) in [7, 11) is 1.65. The molecule has 2 amide bonds. The number of allylic oxidation sites excluding steroid dienone is 1. The summed E-state index contributed by atoms with van der Waals surface area (Å²) in [5.74, 6) is -1.20. The average molecular weight is 545 g/mol. The summed E-state index contributed by atoms with van der Waals surface area (Å²) >= 11 is 0. The number of alkyl carbamates (subject to hydrolysis) is 1. The summed E-state index contributed by atoms with van der Waals surface area (Å²) in [5.41, 5.74) is 2.02. The summed E-state index contributed by atoms with van der Waals surface area (Å²) in [5, 5.41) is 14.2. The molecule has 4 rings (SSSR count). The van der Waals surface area contributed by atoms with Gasteiger partial charge in [-0.15, -0.1) is 0 Å². The van der Waals surface area contributed by atoms with Crippen LogP contribution in [0.3, 0.4) is 0 Å². The standard InChI is InChI=1S/C29H40N2O8/c1-18(2)8-13-22-28(3,39-22)26-25(36-4)21(14-15-29(26)17-37-29)38-27(35)30-16-19-9-11-20(12-10-19)31-23(32)6-5-7-24(33)34/h8-12,21-22,25-26H,5-7,13-17H2,1-4H3,(H,30,35)(H,31,32)(H,33,34). The van der Waals surface area contributed by atoms with E-state index in [1.165, 1.54) is 5.57 Å². The summed E-state index contributed by atoms with van der Waals surface area (Å²) in [6.07, 6.45) is 3.64. The second-order valence-electron chi connectivity index (χ2n) is 11.2. The van der Waals surface area contributed by atoms with E-state index in [0.29, 0.717) is 18.7 Å². The highest BCUT2D eigenvalue weighted by molar-refractivity contribution is 5.90. The Hall–Kier alpha value is -2.95. The van der Waals surface area contributed by atoms with E-state index in [4.69, 9.17) is 24.1 Å². The molecule has 1 saturated carbocycles. The van der Waals surface area contributed by atoms with Gasteiger partial charge in [0.05, 0.1) is 18.6 Å². The molecule has 3 aliphatic rings. The number of hydrogen-bond acceptors (Lipinski definition) is 7. The first kappa shape index (κ1) is 29.0. The maximum atomic E-state index is 12.7. The summed E-state index contributed by atoms with van der Waals surface area (Å²) in [6, 6.07) is 7.07. The number of epoxide rings is 2. The van der Waals surface area contributed by atoms with Crippen LogP contribution in [0.25, 0.3) is 0 Å². The SMILES string of the molecule is COC1C(OC(=O)NCc2ccc(NC(=O)CCCC(=O)O)cc2)CCC2(CO2)C1C1(C)OC1CC=C(C)C. The molecule has 6 atom stereocenters. The van der Waals surface area contributed by atoms with Gasteiger partial charge >= 0.3 is 12.1 Å². The number of benzene rings is 1. The van der Waals surface area contributed by atoms with E-state index in [1.54, 1.807) is 31.4 Å². The lowest BCUT2D eigenvalue weighted by molar-refractivity contribution is -0.137. The molecule has 0 radical (unpaired) electrons. The number of rotatable bonds is 12. The predicted molar refractivity (Wildman–Crippen MR) is 143 cm³/mol. The minimum absolute atomic E-state index is 0.0380. The molecular weight excluding hydrogens is 504 g/mol. The number of carbonyl (C=O) groups is 3. The van der Waals surface area contributed by atoms with E-state index >= 15 is 0 Å². The minimum Gasteiger partial charge on any atom is -0.481 e. The number of methoxy groups -OCH3 is 1. The zero-order valence-corrected chi connectivity index (χ0v) is 23.2. The molecule has 3 N–H and O–H groups in total. The Morgan fingerprint density at radius 3 is 2.51 bits per heavy atom. The number of nitrogens with one attached hydrogen (secondary N) is 2. The number of amides is 2. The molecule has 1 aliphatic carbocycles. The number of carboxylic acids is 1. The fourth-order valence-corrected chi connectivity index (χ4v) is 5.75. The van der Waals surface area contributed by atoms with Gasteiger partial charge in [0, 0.05) is 32.2 Å². The number of aliphatic carboxylic acids is 1. The number of carboxylic acid groups (broad SMARTS) is 1. The Kier molecular flexibility index (Phi) is 8.98.